The molecule has 1 heterocycles. The summed E-state index contributed by atoms with van der Waals surface area (Å²) in [6.45, 7) is 4.01. The SMILES string of the molecule is CC(NCc1ccc([N+](=O)[O-])cc1Br)C(=O)N1CCCC1. The summed E-state index contributed by atoms with van der Waals surface area (Å²) in [4.78, 5) is 24.3. The van der Waals surface area contributed by atoms with Crippen LogP contribution in [0.15, 0.2) is 22.7 Å². The van der Waals surface area contributed by atoms with E-state index in [9.17, 15) is 14.9 Å². The van der Waals surface area contributed by atoms with Crippen molar-refractivity contribution in [3.05, 3.63) is 38.3 Å². The first-order chi connectivity index (χ1) is 9.99. The van der Waals surface area contributed by atoms with E-state index < -0.39 is 4.92 Å². The Balaban J connectivity index is 1.93. The Hall–Kier alpha value is -1.47. The lowest BCUT2D eigenvalue weighted by Gasteiger charge is -2.21. The van der Waals surface area contributed by atoms with Gasteiger partial charge in [0.2, 0.25) is 5.91 Å². The molecule has 6 nitrogen and oxygen atoms in total. The van der Waals surface area contributed by atoms with E-state index in [0.717, 1.165) is 31.5 Å². The van der Waals surface area contributed by atoms with Crippen molar-refractivity contribution in [1.82, 2.24) is 10.2 Å². The van der Waals surface area contributed by atoms with Gasteiger partial charge in [0.1, 0.15) is 0 Å². The van der Waals surface area contributed by atoms with Gasteiger partial charge in [-0.25, -0.2) is 0 Å². The molecule has 0 saturated carbocycles. The molecule has 21 heavy (non-hydrogen) atoms. The van der Waals surface area contributed by atoms with Crippen molar-refractivity contribution in [3.8, 4) is 0 Å². The largest absolute Gasteiger partial charge is 0.341 e. The zero-order valence-electron chi connectivity index (χ0n) is 11.8. The van der Waals surface area contributed by atoms with E-state index in [1.165, 1.54) is 12.1 Å². The number of rotatable bonds is 5. The fraction of sp³-hybridized carbons (Fsp3) is 0.500. The lowest BCUT2D eigenvalue weighted by atomic mass is 10.2. The minimum absolute atomic E-state index is 0.0480. The minimum atomic E-state index is -0.429. The molecular formula is C14H18BrN3O3. The topological polar surface area (TPSA) is 75.5 Å². The number of nitro benzene ring substituents is 1. The summed E-state index contributed by atoms with van der Waals surface area (Å²) in [6.07, 6.45) is 2.15. The lowest BCUT2D eigenvalue weighted by Crippen LogP contribution is -2.43. The highest BCUT2D eigenvalue weighted by atomic mass is 79.9. The first-order valence-electron chi connectivity index (χ1n) is 6.94. The van der Waals surface area contributed by atoms with Crippen LogP contribution >= 0.6 is 15.9 Å². The summed E-state index contributed by atoms with van der Waals surface area (Å²) in [5.74, 6) is 0.116. The van der Waals surface area contributed by atoms with Crippen LogP contribution in [0.3, 0.4) is 0 Å². The number of likely N-dealkylation sites (tertiary alicyclic amines) is 1. The molecule has 1 aromatic rings. The average Bonchev–Trinajstić information content (AvgIpc) is 2.98. The van der Waals surface area contributed by atoms with Crippen molar-refractivity contribution >= 4 is 27.5 Å². The molecule has 1 aliphatic rings. The number of nitro groups is 1. The Morgan fingerprint density at radius 2 is 2.14 bits per heavy atom. The monoisotopic (exact) mass is 355 g/mol. The van der Waals surface area contributed by atoms with Crippen molar-refractivity contribution < 1.29 is 9.72 Å². The molecule has 0 radical (unpaired) electrons. The number of hydrogen-bond donors (Lipinski definition) is 1. The number of hydrogen-bond acceptors (Lipinski definition) is 4. The molecular weight excluding hydrogens is 338 g/mol. The van der Waals surface area contributed by atoms with Gasteiger partial charge in [-0.15, -0.1) is 0 Å². The number of halogens is 1. The number of amides is 1. The second kappa shape index (κ2) is 7.00. The van der Waals surface area contributed by atoms with E-state index in [1.54, 1.807) is 6.07 Å². The molecule has 1 N–H and O–H groups in total. The molecule has 1 saturated heterocycles. The number of nitrogens with one attached hydrogen (secondary N) is 1. The number of carbonyl (C=O) groups is 1. The smallest absolute Gasteiger partial charge is 0.270 e. The maximum absolute atomic E-state index is 12.2. The van der Waals surface area contributed by atoms with Gasteiger partial charge >= 0.3 is 0 Å². The predicted molar refractivity (Wildman–Crippen MR) is 82.9 cm³/mol. The molecule has 1 unspecified atom stereocenters. The van der Waals surface area contributed by atoms with Gasteiger partial charge in [-0.1, -0.05) is 15.9 Å². The van der Waals surface area contributed by atoms with Gasteiger partial charge in [0.15, 0.2) is 0 Å². The van der Waals surface area contributed by atoms with Gasteiger partial charge in [-0.05, 0) is 31.4 Å². The van der Waals surface area contributed by atoms with Crippen LogP contribution in [0.1, 0.15) is 25.3 Å². The summed E-state index contributed by atoms with van der Waals surface area (Å²) < 4.78 is 0.671. The molecule has 1 atom stereocenters. The van der Waals surface area contributed by atoms with E-state index in [0.29, 0.717) is 11.0 Å². The van der Waals surface area contributed by atoms with Crippen molar-refractivity contribution in [2.45, 2.75) is 32.4 Å². The zero-order valence-corrected chi connectivity index (χ0v) is 13.4. The molecule has 114 valence electrons. The highest BCUT2D eigenvalue weighted by Crippen LogP contribution is 2.23. The fourth-order valence-electron chi connectivity index (χ4n) is 2.35. The Bertz CT molecular complexity index is 544. The van der Waals surface area contributed by atoms with Crippen LogP contribution in [0.5, 0.6) is 0 Å². The molecule has 0 aromatic heterocycles. The number of non-ortho nitro benzene ring substituents is 1. The molecule has 1 aliphatic heterocycles. The molecule has 0 aliphatic carbocycles. The Labute approximate surface area is 131 Å². The molecule has 7 heteroatoms. The van der Waals surface area contributed by atoms with Crippen LogP contribution in [0.2, 0.25) is 0 Å². The third kappa shape index (κ3) is 4.01. The standard InChI is InChI=1S/C14H18BrN3O3/c1-10(14(19)17-6-2-3-7-17)16-9-11-4-5-12(18(20)21)8-13(11)15/h4-5,8,10,16H,2-3,6-7,9H2,1H3. The third-order valence-corrected chi connectivity index (χ3v) is 4.37. The summed E-state index contributed by atoms with van der Waals surface area (Å²) in [5.41, 5.74) is 0.938. The van der Waals surface area contributed by atoms with E-state index in [-0.39, 0.29) is 17.6 Å². The molecule has 1 fully saturated rings. The van der Waals surface area contributed by atoms with Crippen LogP contribution in [0.4, 0.5) is 5.69 Å². The first kappa shape index (κ1) is 15.9. The van der Waals surface area contributed by atoms with Crippen LogP contribution in [-0.4, -0.2) is 34.9 Å². The van der Waals surface area contributed by atoms with Gasteiger partial charge < -0.3 is 10.2 Å². The summed E-state index contributed by atoms with van der Waals surface area (Å²) in [6, 6.07) is 4.38. The number of nitrogens with zero attached hydrogens (tertiary/aromatic N) is 2. The molecule has 0 spiro atoms. The quantitative estimate of drug-likeness (QED) is 0.650. The van der Waals surface area contributed by atoms with Crippen LogP contribution < -0.4 is 5.32 Å². The van der Waals surface area contributed by atoms with E-state index in [1.807, 2.05) is 11.8 Å². The third-order valence-electron chi connectivity index (χ3n) is 3.63. The lowest BCUT2D eigenvalue weighted by molar-refractivity contribution is -0.384. The van der Waals surface area contributed by atoms with Crippen molar-refractivity contribution in [3.63, 3.8) is 0 Å². The molecule has 1 amide bonds. The van der Waals surface area contributed by atoms with E-state index in [4.69, 9.17) is 0 Å². The Kier molecular flexibility index (Phi) is 5.30. The summed E-state index contributed by atoms with van der Waals surface area (Å²) in [7, 11) is 0. The van der Waals surface area contributed by atoms with Gasteiger partial charge in [0.25, 0.3) is 5.69 Å². The van der Waals surface area contributed by atoms with Crippen LogP contribution in [0, 0.1) is 10.1 Å². The van der Waals surface area contributed by atoms with Crippen LogP contribution in [-0.2, 0) is 11.3 Å². The van der Waals surface area contributed by atoms with Gasteiger partial charge in [0, 0.05) is 36.2 Å². The van der Waals surface area contributed by atoms with Crippen LogP contribution in [0.25, 0.3) is 0 Å². The Morgan fingerprint density at radius 1 is 1.48 bits per heavy atom. The predicted octanol–water partition coefficient (Wildman–Crippen LogP) is 2.46. The zero-order chi connectivity index (χ0) is 15.4. The second-order valence-electron chi connectivity index (χ2n) is 5.17. The second-order valence-corrected chi connectivity index (χ2v) is 6.02. The highest BCUT2D eigenvalue weighted by Gasteiger charge is 2.22. The average molecular weight is 356 g/mol. The Morgan fingerprint density at radius 3 is 2.71 bits per heavy atom. The fourth-order valence-corrected chi connectivity index (χ4v) is 2.86. The van der Waals surface area contributed by atoms with E-state index in [2.05, 4.69) is 21.2 Å². The van der Waals surface area contributed by atoms with Crippen molar-refractivity contribution in [1.29, 1.82) is 0 Å². The van der Waals surface area contributed by atoms with E-state index >= 15 is 0 Å². The number of carbonyl (C=O) groups excluding carboxylic acids is 1. The van der Waals surface area contributed by atoms with Crippen molar-refractivity contribution in [2.24, 2.45) is 0 Å². The summed E-state index contributed by atoms with van der Waals surface area (Å²) in [5, 5.41) is 13.9. The molecule has 1 aromatic carbocycles. The van der Waals surface area contributed by atoms with Gasteiger partial charge in [-0.3, -0.25) is 14.9 Å². The highest BCUT2D eigenvalue weighted by molar-refractivity contribution is 9.10. The van der Waals surface area contributed by atoms with Gasteiger partial charge in [-0.2, -0.15) is 0 Å². The maximum Gasteiger partial charge on any atom is 0.270 e. The molecule has 2 rings (SSSR count). The normalized spacial score (nSPS) is 16.0. The summed E-state index contributed by atoms with van der Waals surface area (Å²) >= 11 is 3.33. The van der Waals surface area contributed by atoms with Crippen molar-refractivity contribution in [2.75, 3.05) is 13.1 Å². The maximum atomic E-state index is 12.2. The first-order valence-corrected chi connectivity index (χ1v) is 7.73. The number of benzene rings is 1. The van der Waals surface area contributed by atoms with Gasteiger partial charge in [0.05, 0.1) is 11.0 Å². The minimum Gasteiger partial charge on any atom is -0.341 e. The molecule has 0 bridgehead atoms.